The second kappa shape index (κ2) is 8.85. The van der Waals surface area contributed by atoms with Gasteiger partial charge in [0.05, 0.1) is 0 Å². The summed E-state index contributed by atoms with van der Waals surface area (Å²) in [6.45, 7) is 0. The minimum Gasteiger partial charge on any atom is -0.400 e. The maximum atomic E-state index is 7.00. The van der Waals surface area contributed by atoms with Crippen LogP contribution in [0.4, 0.5) is 0 Å². The van der Waals surface area contributed by atoms with E-state index in [4.69, 9.17) is 16.8 Å². The zero-order chi connectivity index (χ0) is 5.58. The molecule has 6 heavy (non-hydrogen) atoms. The molecule has 0 unspecified atom stereocenters. The standard InChI is InChI=1S/CH7N3.CH4O/c1-4(2)3;1-2/h2-3H2,1H3;2H,1H3. The predicted molar refractivity (Wildman–Crippen MR) is 24.3 cm³/mol. The van der Waals surface area contributed by atoms with E-state index in [1.165, 1.54) is 0 Å². The van der Waals surface area contributed by atoms with Gasteiger partial charge < -0.3 is 5.11 Å². The third kappa shape index (κ3) is 1210. The fourth-order valence-corrected chi connectivity index (χ4v) is 0. The highest BCUT2D eigenvalue weighted by atomic mass is 16.2. The molecule has 0 saturated carbocycles. The van der Waals surface area contributed by atoms with Crippen molar-refractivity contribution < 1.29 is 5.11 Å². The van der Waals surface area contributed by atoms with Crippen LogP contribution in [-0.4, -0.2) is 24.4 Å². The van der Waals surface area contributed by atoms with Crippen LogP contribution in [0.15, 0.2) is 0 Å². The summed E-state index contributed by atoms with van der Waals surface area (Å²) < 4.78 is 0. The molecular weight excluding hydrogens is 82.0 g/mol. The average Bonchev–Trinajstić information content (AvgIpc) is 1.41. The molecule has 0 aliphatic carbocycles. The van der Waals surface area contributed by atoms with Crippen molar-refractivity contribution in [3.8, 4) is 0 Å². The first-order chi connectivity index (χ1) is 2.73. The van der Waals surface area contributed by atoms with E-state index in [-0.39, 0.29) is 0 Å². The first-order valence-electron chi connectivity index (χ1n) is 1.41. The molecule has 0 spiro atoms. The van der Waals surface area contributed by atoms with Crippen molar-refractivity contribution in [2.24, 2.45) is 11.7 Å². The van der Waals surface area contributed by atoms with Crippen molar-refractivity contribution >= 4 is 0 Å². The number of aliphatic hydroxyl groups is 1. The largest absolute Gasteiger partial charge is 0.400 e. The minimum atomic E-state index is 1.00. The highest BCUT2D eigenvalue weighted by molar-refractivity contribution is 3.91. The van der Waals surface area contributed by atoms with Gasteiger partial charge >= 0.3 is 0 Å². The molecule has 0 amide bonds. The van der Waals surface area contributed by atoms with Crippen LogP contribution in [0.3, 0.4) is 0 Å². The van der Waals surface area contributed by atoms with E-state index in [2.05, 4.69) is 0 Å². The number of nitrogens with two attached hydrogens (primary N) is 2. The molecule has 4 nitrogen and oxygen atoms in total. The van der Waals surface area contributed by atoms with Crippen molar-refractivity contribution in [1.82, 2.24) is 5.12 Å². The molecule has 40 valence electrons. The second-order valence-corrected chi connectivity index (χ2v) is 0.665. The van der Waals surface area contributed by atoms with E-state index >= 15 is 0 Å². The molecule has 5 N–H and O–H groups in total. The maximum absolute atomic E-state index is 7.00. The summed E-state index contributed by atoms with van der Waals surface area (Å²) in [6.07, 6.45) is 0. The molecule has 0 rings (SSSR count). The number of nitrogens with zero attached hydrogens (tertiary/aromatic N) is 1. The fraction of sp³-hybridized carbons (Fsp3) is 1.00. The molecule has 0 atom stereocenters. The summed E-state index contributed by atoms with van der Waals surface area (Å²) in [7, 11) is 2.56. The molecule has 0 aromatic rings. The van der Waals surface area contributed by atoms with Gasteiger partial charge in [0.2, 0.25) is 0 Å². The average molecular weight is 93.1 g/mol. The minimum absolute atomic E-state index is 1.00. The Kier molecular flexibility index (Phi) is 13.7. The Morgan fingerprint density at radius 1 is 1.33 bits per heavy atom. The summed E-state index contributed by atoms with van der Waals surface area (Å²) in [5.41, 5.74) is 0. The van der Waals surface area contributed by atoms with Gasteiger partial charge in [0.25, 0.3) is 0 Å². The maximum Gasteiger partial charge on any atom is 0.0319 e. The first kappa shape index (κ1) is 9.28. The molecule has 4 heteroatoms. The molecule has 0 aliphatic heterocycles. The van der Waals surface area contributed by atoms with E-state index in [1.807, 2.05) is 0 Å². The molecule has 0 saturated heterocycles. The van der Waals surface area contributed by atoms with Gasteiger partial charge in [-0.1, -0.05) is 0 Å². The van der Waals surface area contributed by atoms with Gasteiger partial charge in [0.1, 0.15) is 0 Å². The van der Waals surface area contributed by atoms with E-state index in [1.54, 1.807) is 7.05 Å². The van der Waals surface area contributed by atoms with Gasteiger partial charge in [-0.15, -0.1) is 0 Å². The van der Waals surface area contributed by atoms with Gasteiger partial charge in [0.15, 0.2) is 0 Å². The van der Waals surface area contributed by atoms with Crippen LogP contribution in [0.5, 0.6) is 0 Å². The molecule has 0 radical (unpaired) electrons. The Balaban J connectivity index is 0. The van der Waals surface area contributed by atoms with E-state index in [0.29, 0.717) is 0 Å². The van der Waals surface area contributed by atoms with Gasteiger partial charge in [-0.3, -0.25) is 11.7 Å². The van der Waals surface area contributed by atoms with Gasteiger partial charge in [-0.25, -0.2) is 0 Å². The van der Waals surface area contributed by atoms with Crippen molar-refractivity contribution in [1.29, 1.82) is 0 Å². The fourth-order valence-electron chi connectivity index (χ4n) is 0. The molecule has 0 aromatic carbocycles. The number of hydrogen-bond acceptors (Lipinski definition) is 4. The van der Waals surface area contributed by atoms with E-state index in [0.717, 1.165) is 12.2 Å². The van der Waals surface area contributed by atoms with Crippen LogP contribution >= 0.6 is 0 Å². The lowest BCUT2D eigenvalue weighted by Crippen LogP contribution is -2.32. The number of rotatable bonds is 0. The molecule has 0 fully saturated rings. The predicted octanol–water partition coefficient (Wildman–Crippen LogP) is -1.73. The molecule has 0 heterocycles. The van der Waals surface area contributed by atoms with Crippen LogP contribution in [0.2, 0.25) is 0 Å². The monoisotopic (exact) mass is 93.1 g/mol. The first-order valence-corrected chi connectivity index (χ1v) is 1.41. The van der Waals surface area contributed by atoms with Crippen LogP contribution in [0.25, 0.3) is 0 Å². The Morgan fingerprint density at radius 2 is 1.33 bits per heavy atom. The Bertz CT molecular complexity index is 13.5. The summed E-state index contributed by atoms with van der Waals surface area (Å²) in [5.74, 6) is 9.44. The van der Waals surface area contributed by atoms with Crippen LogP contribution in [-0.2, 0) is 0 Å². The number of hydrogen-bond donors (Lipinski definition) is 3. The van der Waals surface area contributed by atoms with Crippen molar-refractivity contribution in [2.45, 2.75) is 0 Å². The third-order valence-corrected chi connectivity index (χ3v) is 0. The highest BCUT2D eigenvalue weighted by Crippen LogP contribution is 1.25. The normalized spacial score (nSPS) is 7.00. The Labute approximate surface area is 37.3 Å². The summed E-state index contributed by atoms with van der Waals surface area (Å²) in [5, 5.41) is 8.00. The quantitative estimate of drug-likeness (QED) is 0.246. The van der Waals surface area contributed by atoms with Crippen LogP contribution < -0.4 is 11.7 Å². The van der Waals surface area contributed by atoms with Crippen molar-refractivity contribution in [2.75, 3.05) is 14.2 Å². The van der Waals surface area contributed by atoms with Crippen LogP contribution in [0.1, 0.15) is 0 Å². The molecular formula is C2H11N3O. The molecule has 0 bridgehead atoms. The summed E-state index contributed by atoms with van der Waals surface area (Å²) >= 11 is 0. The number of hydrazine groups is 2. The van der Waals surface area contributed by atoms with E-state index < -0.39 is 0 Å². The topological polar surface area (TPSA) is 75.5 Å². The van der Waals surface area contributed by atoms with Gasteiger partial charge in [0, 0.05) is 14.2 Å². The zero-order valence-corrected chi connectivity index (χ0v) is 4.05. The molecule has 0 aromatic heterocycles. The lowest BCUT2D eigenvalue weighted by atomic mass is 11.4. The Morgan fingerprint density at radius 3 is 1.33 bits per heavy atom. The number of aliphatic hydroxyl groups excluding tert-OH is 1. The molecule has 0 aliphatic rings. The van der Waals surface area contributed by atoms with E-state index in [9.17, 15) is 0 Å². The highest BCUT2D eigenvalue weighted by Gasteiger charge is 1.56. The lowest BCUT2D eigenvalue weighted by molar-refractivity contribution is 0.366. The lowest BCUT2D eigenvalue weighted by Gasteiger charge is -1.91. The van der Waals surface area contributed by atoms with Gasteiger partial charge in [-0.05, 0) is 0 Å². The zero-order valence-electron chi connectivity index (χ0n) is 4.05. The van der Waals surface area contributed by atoms with Gasteiger partial charge in [-0.2, -0.15) is 5.12 Å². The summed E-state index contributed by atoms with van der Waals surface area (Å²) in [6, 6.07) is 0. The van der Waals surface area contributed by atoms with Crippen LogP contribution in [0, 0.1) is 0 Å². The smallest absolute Gasteiger partial charge is 0.0319 e. The van der Waals surface area contributed by atoms with Crippen molar-refractivity contribution in [3.05, 3.63) is 0 Å². The summed E-state index contributed by atoms with van der Waals surface area (Å²) in [4.78, 5) is 0. The Hall–Kier alpha value is -0.160. The third-order valence-electron chi connectivity index (χ3n) is 0. The second-order valence-electron chi connectivity index (χ2n) is 0.665. The SMILES string of the molecule is CN(N)N.CO. The van der Waals surface area contributed by atoms with Crippen molar-refractivity contribution in [3.63, 3.8) is 0 Å².